The third-order valence-corrected chi connectivity index (χ3v) is 12.6. The van der Waals surface area contributed by atoms with Gasteiger partial charge < -0.3 is 14.2 Å². The zero-order valence-corrected chi connectivity index (χ0v) is 46.0. The monoisotopic (exact) mass is 975 g/mol. The molecular formula is C64H110O6. The van der Waals surface area contributed by atoms with E-state index < -0.39 is 6.10 Å². The van der Waals surface area contributed by atoms with Gasteiger partial charge in [-0.1, -0.05) is 254 Å². The van der Waals surface area contributed by atoms with Crippen molar-refractivity contribution >= 4 is 17.9 Å². The lowest BCUT2D eigenvalue weighted by atomic mass is 10.1. The predicted octanol–water partition coefficient (Wildman–Crippen LogP) is 19.9. The molecule has 0 aromatic carbocycles. The van der Waals surface area contributed by atoms with Gasteiger partial charge in [0.05, 0.1) is 0 Å². The number of hydrogen-bond donors (Lipinski definition) is 0. The lowest BCUT2D eigenvalue weighted by Crippen LogP contribution is -2.30. The van der Waals surface area contributed by atoms with E-state index in [4.69, 9.17) is 14.2 Å². The first-order chi connectivity index (χ1) is 34.5. The first-order valence-corrected chi connectivity index (χ1v) is 29.6. The average molecular weight is 976 g/mol. The fraction of sp³-hybridized carbons (Fsp3) is 0.734. The highest BCUT2D eigenvalue weighted by Gasteiger charge is 2.19. The van der Waals surface area contributed by atoms with Gasteiger partial charge in [-0.05, 0) is 96.3 Å². The second-order valence-electron chi connectivity index (χ2n) is 19.5. The Morgan fingerprint density at radius 1 is 0.300 bits per heavy atom. The van der Waals surface area contributed by atoms with E-state index in [1.807, 2.05) is 0 Å². The number of ether oxygens (including phenoxy) is 3. The van der Waals surface area contributed by atoms with Crippen LogP contribution in [0.1, 0.15) is 284 Å². The molecule has 0 aromatic rings. The first kappa shape index (κ1) is 66.6. The van der Waals surface area contributed by atoms with Crippen molar-refractivity contribution in [1.29, 1.82) is 0 Å². The molecule has 0 saturated carbocycles. The zero-order chi connectivity index (χ0) is 50.7. The Balaban J connectivity index is 4.31. The van der Waals surface area contributed by atoms with Gasteiger partial charge in [0.1, 0.15) is 13.2 Å². The molecule has 0 aliphatic carbocycles. The number of carbonyl (C=O) groups is 3. The van der Waals surface area contributed by atoms with Crippen LogP contribution in [0.2, 0.25) is 0 Å². The van der Waals surface area contributed by atoms with E-state index >= 15 is 0 Å². The summed E-state index contributed by atoms with van der Waals surface area (Å²) >= 11 is 0. The van der Waals surface area contributed by atoms with Crippen LogP contribution >= 0.6 is 0 Å². The maximum atomic E-state index is 12.8. The molecule has 1 unspecified atom stereocenters. The van der Waals surface area contributed by atoms with Gasteiger partial charge in [-0.25, -0.2) is 0 Å². The Hall–Kier alpha value is -3.41. The van der Waals surface area contributed by atoms with Crippen molar-refractivity contribution in [3.05, 3.63) is 85.1 Å². The molecule has 70 heavy (non-hydrogen) atoms. The minimum absolute atomic E-state index is 0.0818. The van der Waals surface area contributed by atoms with Crippen LogP contribution < -0.4 is 0 Å². The lowest BCUT2D eigenvalue weighted by molar-refractivity contribution is -0.167. The van der Waals surface area contributed by atoms with E-state index in [0.717, 1.165) is 122 Å². The quantitative estimate of drug-likeness (QED) is 0.0261. The Morgan fingerprint density at radius 3 is 0.886 bits per heavy atom. The fourth-order valence-corrected chi connectivity index (χ4v) is 8.21. The number of hydrogen-bond acceptors (Lipinski definition) is 6. The first-order valence-electron chi connectivity index (χ1n) is 29.6. The van der Waals surface area contributed by atoms with E-state index in [2.05, 4.69) is 106 Å². The molecule has 0 aromatic heterocycles. The van der Waals surface area contributed by atoms with E-state index in [1.54, 1.807) is 0 Å². The summed E-state index contributed by atoms with van der Waals surface area (Å²) in [7, 11) is 0. The molecule has 0 aliphatic rings. The fourth-order valence-electron chi connectivity index (χ4n) is 8.21. The summed E-state index contributed by atoms with van der Waals surface area (Å²) in [4.78, 5) is 38.1. The molecule has 6 heteroatoms. The smallest absolute Gasteiger partial charge is 0.306 e. The third-order valence-electron chi connectivity index (χ3n) is 12.6. The number of rotatable bonds is 53. The minimum atomic E-state index is -0.785. The van der Waals surface area contributed by atoms with Crippen molar-refractivity contribution in [2.45, 2.75) is 290 Å². The van der Waals surface area contributed by atoms with Crippen molar-refractivity contribution in [2.75, 3.05) is 13.2 Å². The maximum absolute atomic E-state index is 12.8. The van der Waals surface area contributed by atoms with Crippen molar-refractivity contribution in [2.24, 2.45) is 0 Å². The second-order valence-corrected chi connectivity index (χ2v) is 19.5. The van der Waals surface area contributed by atoms with Crippen LogP contribution in [0.4, 0.5) is 0 Å². The van der Waals surface area contributed by atoms with E-state index in [9.17, 15) is 14.4 Å². The van der Waals surface area contributed by atoms with Crippen LogP contribution in [-0.2, 0) is 28.6 Å². The molecular weight excluding hydrogens is 865 g/mol. The summed E-state index contributed by atoms with van der Waals surface area (Å²) in [6.07, 6.45) is 75.7. The van der Waals surface area contributed by atoms with Crippen LogP contribution in [-0.4, -0.2) is 37.2 Å². The number of esters is 3. The largest absolute Gasteiger partial charge is 0.462 e. The highest BCUT2D eigenvalue weighted by Crippen LogP contribution is 2.15. The van der Waals surface area contributed by atoms with Crippen molar-refractivity contribution in [1.82, 2.24) is 0 Å². The Bertz CT molecular complexity index is 1350. The van der Waals surface area contributed by atoms with Crippen LogP contribution in [0.3, 0.4) is 0 Å². The Kier molecular flexibility index (Phi) is 55.3. The highest BCUT2D eigenvalue weighted by molar-refractivity contribution is 5.71. The molecule has 402 valence electrons. The van der Waals surface area contributed by atoms with Crippen LogP contribution in [0.5, 0.6) is 0 Å². The molecule has 0 spiro atoms. The summed E-state index contributed by atoms with van der Waals surface area (Å²) in [5.74, 6) is -0.896. The van der Waals surface area contributed by atoms with Crippen LogP contribution in [0.15, 0.2) is 85.1 Å². The summed E-state index contributed by atoms with van der Waals surface area (Å²) in [5.41, 5.74) is 0. The molecule has 0 aliphatic heterocycles. The van der Waals surface area contributed by atoms with Gasteiger partial charge in [0.25, 0.3) is 0 Å². The highest BCUT2D eigenvalue weighted by atomic mass is 16.6. The standard InChI is InChI=1S/C64H110O6/c1-4-7-10-13-16-19-22-24-26-28-29-30-31-32-33-34-35-36-38-39-42-45-48-51-54-57-63(66)69-60-61(59-68-62(65)56-53-50-47-44-41-21-18-15-12-9-6-3)70-64(67)58-55-52-49-46-43-40-37-27-25-23-20-17-14-11-8-5-2/h7,10,16,19-20,23-24,26-27,29-30,32-33,37,61H,4-6,8-9,11-15,17-18,21-22,25,28,31,34-36,38-60H2,1-3H3/b10-7-,19-16-,23-20-,26-24-,30-29-,33-32-,37-27-. The molecule has 0 heterocycles. The summed E-state index contributed by atoms with van der Waals surface area (Å²) in [6, 6.07) is 0. The molecule has 0 fully saturated rings. The van der Waals surface area contributed by atoms with Crippen molar-refractivity contribution in [3.63, 3.8) is 0 Å². The topological polar surface area (TPSA) is 78.9 Å². The number of unbranched alkanes of at least 4 members (excludes halogenated alkanes) is 28. The Morgan fingerprint density at radius 2 is 0.557 bits per heavy atom. The zero-order valence-electron chi connectivity index (χ0n) is 46.0. The van der Waals surface area contributed by atoms with Crippen LogP contribution in [0, 0.1) is 0 Å². The van der Waals surface area contributed by atoms with Gasteiger partial charge >= 0.3 is 17.9 Å². The molecule has 0 rings (SSSR count). The van der Waals surface area contributed by atoms with Gasteiger partial charge in [0.15, 0.2) is 6.10 Å². The molecule has 0 bridgehead atoms. The van der Waals surface area contributed by atoms with Crippen molar-refractivity contribution in [3.8, 4) is 0 Å². The molecule has 1 atom stereocenters. The lowest BCUT2D eigenvalue weighted by Gasteiger charge is -2.18. The summed E-state index contributed by atoms with van der Waals surface area (Å²) in [5, 5.41) is 0. The molecule has 0 saturated heterocycles. The van der Waals surface area contributed by atoms with Crippen LogP contribution in [0.25, 0.3) is 0 Å². The van der Waals surface area contributed by atoms with Gasteiger partial charge in [-0.3, -0.25) is 14.4 Å². The molecule has 6 nitrogen and oxygen atoms in total. The maximum Gasteiger partial charge on any atom is 0.306 e. The average Bonchev–Trinajstić information content (AvgIpc) is 3.36. The van der Waals surface area contributed by atoms with E-state index in [0.29, 0.717) is 19.3 Å². The molecule has 0 amide bonds. The van der Waals surface area contributed by atoms with Gasteiger partial charge in [-0.2, -0.15) is 0 Å². The molecule has 0 radical (unpaired) electrons. The predicted molar refractivity (Wildman–Crippen MR) is 302 cm³/mol. The van der Waals surface area contributed by atoms with Crippen molar-refractivity contribution < 1.29 is 28.6 Å². The SMILES string of the molecule is CC/C=C\C/C=C\C/C=C\C/C=C\C/C=C\CCCCCCCCCCCC(=O)OCC(COC(=O)CCCCCCCCCCCCC)OC(=O)CCCCCCC/C=C\C/C=C\CCCCCC. The van der Waals surface area contributed by atoms with Gasteiger partial charge in [-0.15, -0.1) is 0 Å². The summed E-state index contributed by atoms with van der Waals surface area (Å²) < 4.78 is 16.9. The van der Waals surface area contributed by atoms with E-state index in [1.165, 1.54) is 122 Å². The minimum Gasteiger partial charge on any atom is -0.462 e. The Labute approximate surface area is 433 Å². The number of allylic oxidation sites excluding steroid dienone is 14. The number of carbonyl (C=O) groups excluding carboxylic acids is 3. The normalized spacial score (nSPS) is 12.7. The van der Waals surface area contributed by atoms with E-state index in [-0.39, 0.29) is 31.1 Å². The summed E-state index contributed by atoms with van der Waals surface area (Å²) in [6.45, 7) is 6.50. The second kappa shape index (κ2) is 58.2. The van der Waals surface area contributed by atoms with Gasteiger partial charge in [0.2, 0.25) is 0 Å². The third kappa shape index (κ3) is 55.5. The van der Waals surface area contributed by atoms with Gasteiger partial charge in [0, 0.05) is 19.3 Å². The molecule has 0 N–H and O–H groups in total.